The molecular weight excluding hydrogens is 120 g/mol. The van der Waals surface area contributed by atoms with Crippen LogP contribution in [-0.4, -0.2) is 0 Å². The van der Waals surface area contributed by atoms with Crippen LogP contribution in [-0.2, 0) is 0 Å². The van der Waals surface area contributed by atoms with E-state index in [0.29, 0.717) is 0 Å². The molecule has 0 aromatic heterocycles. The van der Waals surface area contributed by atoms with Gasteiger partial charge in [-0.1, -0.05) is 43.4 Å². The Bertz CT molecular complexity index is 196. The molecule has 1 unspecified atom stereocenters. The lowest BCUT2D eigenvalue weighted by Gasteiger charge is -2.26. The molecule has 0 amide bonds. The van der Waals surface area contributed by atoms with Crippen LogP contribution in [0.15, 0.2) is 36.5 Å². The largest absolute Gasteiger partial charge is 0.0993 e. The second kappa shape index (κ2) is 2.45. The summed E-state index contributed by atoms with van der Waals surface area (Å²) in [4.78, 5) is 0. The highest BCUT2D eigenvalue weighted by atomic mass is 14.2. The highest BCUT2D eigenvalue weighted by Crippen LogP contribution is 2.33. The summed E-state index contributed by atoms with van der Waals surface area (Å²) in [6.07, 6.45) is 9.69. The minimum absolute atomic E-state index is 0.217. The molecule has 1 aliphatic carbocycles. The monoisotopic (exact) mass is 134 g/mol. The van der Waals surface area contributed by atoms with Crippen LogP contribution in [0.4, 0.5) is 0 Å². The average Bonchev–Trinajstić information content (AvgIpc) is 1.89. The van der Waals surface area contributed by atoms with Crippen LogP contribution in [0.1, 0.15) is 20.3 Å². The highest BCUT2D eigenvalue weighted by molar-refractivity contribution is 5.24. The van der Waals surface area contributed by atoms with E-state index >= 15 is 0 Å². The van der Waals surface area contributed by atoms with Crippen molar-refractivity contribution in [2.45, 2.75) is 20.3 Å². The number of allylic oxidation sites excluding steroid dienone is 5. The first-order valence-electron chi connectivity index (χ1n) is 3.65. The van der Waals surface area contributed by atoms with Gasteiger partial charge in [0.15, 0.2) is 0 Å². The Morgan fingerprint density at radius 2 is 2.20 bits per heavy atom. The second-order valence-electron chi connectivity index (χ2n) is 3.19. The first-order valence-corrected chi connectivity index (χ1v) is 3.65. The molecule has 0 N–H and O–H groups in total. The minimum Gasteiger partial charge on any atom is -0.0993 e. The molecule has 0 spiro atoms. The third-order valence-electron chi connectivity index (χ3n) is 2.23. The van der Waals surface area contributed by atoms with Crippen LogP contribution in [0.3, 0.4) is 0 Å². The number of hydrogen-bond acceptors (Lipinski definition) is 0. The van der Waals surface area contributed by atoms with Crippen molar-refractivity contribution in [2.24, 2.45) is 5.41 Å². The van der Waals surface area contributed by atoms with Crippen molar-refractivity contribution in [3.63, 3.8) is 0 Å². The van der Waals surface area contributed by atoms with Crippen LogP contribution in [0.2, 0.25) is 0 Å². The van der Waals surface area contributed by atoms with Gasteiger partial charge in [-0.25, -0.2) is 0 Å². The quantitative estimate of drug-likeness (QED) is 0.483. The summed E-state index contributed by atoms with van der Waals surface area (Å²) in [7, 11) is 0. The van der Waals surface area contributed by atoms with Gasteiger partial charge in [0.05, 0.1) is 0 Å². The molecule has 0 fully saturated rings. The Hall–Kier alpha value is -0.780. The zero-order valence-corrected chi connectivity index (χ0v) is 6.72. The molecule has 0 heteroatoms. The second-order valence-corrected chi connectivity index (χ2v) is 3.19. The van der Waals surface area contributed by atoms with Crippen molar-refractivity contribution in [3.8, 4) is 0 Å². The lowest BCUT2D eigenvalue weighted by atomic mass is 9.78. The Kier molecular flexibility index (Phi) is 1.80. The molecule has 1 atom stereocenters. The number of hydrogen-bond donors (Lipinski definition) is 0. The van der Waals surface area contributed by atoms with Crippen molar-refractivity contribution in [3.05, 3.63) is 36.5 Å². The fraction of sp³-hybridized carbons (Fsp3) is 0.400. The minimum atomic E-state index is 0.217. The van der Waals surface area contributed by atoms with Gasteiger partial charge >= 0.3 is 0 Å². The first-order chi connectivity index (χ1) is 4.65. The van der Waals surface area contributed by atoms with E-state index in [2.05, 4.69) is 44.7 Å². The van der Waals surface area contributed by atoms with E-state index in [9.17, 15) is 0 Å². The van der Waals surface area contributed by atoms with Crippen molar-refractivity contribution < 1.29 is 0 Å². The fourth-order valence-electron chi connectivity index (χ4n) is 1.04. The Labute approximate surface area is 62.9 Å². The van der Waals surface area contributed by atoms with E-state index in [1.54, 1.807) is 0 Å². The van der Waals surface area contributed by atoms with Crippen LogP contribution < -0.4 is 0 Å². The van der Waals surface area contributed by atoms with E-state index in [4.69, 9.17) is 0 Å². The van der Waals surface area contributed by atoms with E-state index in [0.717, 1.165) is 6.42 Å². The molecule has 0 saturated heterocycles. The zero-order chi connectivity index (χ0) is 7.61. The van der Waals surface area contributed by atoms with Gasteiger partial charge in [-0.05, 0) is 13.3 Å². The molecule has 10 heavy (non-hydrogen) atoms. The summed E-state index contributed by atoms with van der Waals surface area (Å²) in [6, 6.07) is 0. The van der Waals surface area contributed by atoms with E-state index in [1.165, 1.54) is 5.57 Å². The zero-order valence-electron chi connectivity index (χ0n) is 6.72. The SMILES string of the molecule is C=C(C)C1(C)C=CC=CC1. The molecular formula is C10H14. The normalized spacial score (nSPS) is 30.6. The van der Waals surface area contributed by atoms with E-state index in [-0.39, 0.29) is 5.41 Å². The van der Waals surface area contributed by atoms with Crippen molar-refractivity contribution >= 4 is 0 Å². The molecule has 0 heterocycles. The van der Waals surface area contributed by atoms with Gasteiger partial charge in [-0.15, -0.1) is 0 Å². The van der Waals surface area contributed by atoms with Gasteiger partial charge in [0, 0.05) is 5.41 Å². The number of rotatable bonds is 1. The third-order valence-corrected chi connectivity index (χ3v) is 2.23. The maximum Gasteiger partial charge on any atom is 0.00946 e. The maximum atomic E-state index is 3.97. The van der Waals surface area contributed by atoms with Gasteiger partial charge in [0.1, 0.15) is 0 Å². The standard InChI is InChI=1S/C10H14/c1-9(2)10(3)7-5-4-6-8-10/h4-7H,1,8H2,2-3H3. The summed E-state index contributed by atoms with van der Waals surface area (Å²) in [6.45, 7) is 8.27. The summed E-state index contributed by atoms with van der Waals surface area (Å²) in [5.41, 5.74) is 1.46. The van der Waals surface area contributed by atoms with Gasteiger partial charge < -0.3 is 0 Å². The van der Waals surface area contributed by atoms with Crippen molar-refractivity contribution in [1.29, 1.82) is 0 Å². The summed E-state index contributed by atoms with van der Waals surface area (Å²) in [5.74, 6) is 0. The molecule has 0 bridgehead atoms. The molecule has 1 aliphatic rings. The average molecular weight is 134 g/mol. The smallest absolute Gasteiger partial charge is 0.00946 e. The molecule has 0 saturated carbocycles. The first kappa shape index (κ1) is 7.33. The summed E-state index contributed by atoms with van der Waals surface area (Å²) < 4.78 is 0. The summed E-state index contributed by atoms with van der Waals surface area (Å²) >= 11 is 0. The predicted molar refractivity (Wildman–Crippen MR) is 45.8 cm³/mol. The lowest BCUT2D eigenvalue weighted by Crippen LogP contribution is -2.14. The molecule has 0 aliphatic heterocycles. The Morgan fingerprint density at radius 3 is 2.50 bits per heavy atom. The van der Waals surface area contributed by atoms with Crippen molar-refractivity contribution in [1.82, 2.24) is 0 Å². The summed E-state index contributed by atoms with van der Waals surface area (Å²) in [5, 5.41) is 0. The van der Waals surface area contributed by atoms with E-state index in [1.807, 2.05) is 0 Å². The molecule has 1 rings (SSSR count). The topological polar surface area (TPSA) is 0 Å². The Morgan fingerprint density at radius 1 is 1.50 bits per heavy atom. The van der Waals surface area contributed by atoms with Crippen molar-refractivity contribution in [2.75, 3.05) is 0 Å². The van der Waals surface area contributed by atoms with Gasteiger partial charge in [0.2, 0.25) is 0 Å². The Balaban J connectivity index is 2.80. The van der Waals surface area contributed by atoms with Gasteiger partial charge in [-0.3, -0.25) is 0 Å². The van der Waals surface area contributed by atoms with E-state index < -0.39 is 0 Å². The van der Waals surface area contributed by atoms with Gasteiger partial charge in [-0.2, -0.15) is 0 Å². The molecule has 0 aromatic carbocycles. The molecule has 0 aromatic rings. The fourth-order valence-corrected chi connectivity index (χ4v) is 1.04. The highest BCUT2D eigenvalue weighted by Gasteiger charge is 2.20. The van der Waals surface area contributed by atoms with Crippen LogP contribution in [0, 0.1) is 5.41 Å². The maximum absolute atomic E-state index is 3.97. The van der Waals surface area contributed by atoms with Crippen LogP contribution >= 0.6 is 0 Å². The van der Waals surface area contributed by atoms with Gasteiger partial charge in [0.25, 0.3) is 0 Å². The lowest BCUT2D eigenvalue weighted by molar-refractivity contribution is 0.520. The molecule has 0 radical (unpaired) electrons. The van der Waals surface area contributed by atoms with Crippen LogP contribution in [0.25, 0.3) is 0 Å². The third kappa shape index (κ3) is 1.21. The van der Waals surface area contributed by atoms with Crippen LogP contribution in [0.5, 0.6) is 0 Å². The molecule has 54 valence electrons. The predicted octanol–water partition coefficient (Wildman–Crippen LogP) is 3.08. The molecule has 0 nitrogen and oxygen atoms in total.